The maximum Gasteiger partial charge on any atom is 0.274 e. The highest BCUT2D eigenvalue weighted by Crippen LogP contribution is 2.09. The summed E-state index contributed by atoms with van der Waals surface area (Å²) >= 11 is 0. The van der Waals surface area contributed by atoms with Crippen molar-refractivity contribution in [3.63, 3.8) is 0 Å². The maximum absolute atomic E-state index is 12.6. The zero-order valence-electron chi connectivity index (χ0n) is 13.2. The molecule has 0 bridgehead atoms. The Hall–Kier alpha value is -2.70. The third-order valence-corrected chi connectivity index (χ3v) is 3.05. The summed E-state index contributed by atoms with van der Waals surface area (Å²) in [6.45, 7) is 4.33. The van der Waals surface area contributed by atoms with Crippen molar-refractivity contribution in [3.05, 3.63) is 48.4 Å². The van der Waals surface area contributed by atoms with Crippen LogP contribution in [0.5, 0.6) is 0 Å². The summed E-state index contributed by atoms with van der Waals surface area (Å²) in [7, 11) is 0. The van der Waals surface area contributed by atoms with Crippen LogP contribution in [0.15, 0.2) is 41.4 Å². The lowest BCUT2D eigenvalue weighted by molar-refractivity contribution is -0.121. The molecule has 23 heavy (non-hydrogen) atoms. The van der Waals surface area contributed by atoms with Crippen LogP contribution in [0.2, 0.25) is 0 Å². The number of rotatable bonds is 7. The van der Waals surface area contributed by atoms with E-state index in [0.717, 1.165) is 0 Å². The molecule has 0 radical (unpaired) electrons. The van der Waals surface area contributed by atoms with Gasteiger partial charge in [0.25, 0.3) is 5.91 Å². The first-order valence-corrected chi connectivity index (χ1v) is 7.43. The predicted molar refractivity (Wildman–Crippen MR) is 83.4 cm³/mol. The fraction of sp³-hybridized carbons (Fsp3) is 0.375. The number of nitrogens with one attached hydrogen (secondary N) is 1. The van der Waals surface area contributed by atoms with Crippen LogP contribution in [0.25, 0.3) is 0 Å². The topological polar surface area (TPSA) is 88.3 Å². The SMILES string of the molecule is CC(C)NC(=O)CCN(Cc1ccco1)C(=O)c1cnccn1. The lowest BCUT2D eigenvalue weighted by Crippen LogP contribution is -2.37. The molecule has 0 saturated carbocycles. The summed E-state index contributed by atoms with van der Waals surface area (Å²) in [4.78, 5) is 33.8. The average molecular weight is 316 g/mol. The van der Waals surface area contributed by atoms with Crippen LogP contribution >= 0.6 is 0 Å². The third-order valence-electron chi connectivity index (χ3n) is 3.05. The van der Waals surface area contributed by atoms with Crippen molar-refractivity contribution < 1.29 is 14.0 Å². The van der Waals surface area contributed by atoms with Gasteiger partial charge in [0.15, 0.2) is 0 Å². The number of furan rings is 1. The van der Waals surface area contributed by atoms with Gasteiger partial charge in [0, 0.05) is 31.4 Å². The smallest absolute Gasteiger partial charge is 0.274 e. The number of aromatic nitrogens is 2. The highest BCUT2D eigenvalue weighted by molar-refractivity contribution is 5.92. The number of nitrogens with zero attached hydrogens (tertiary/aromatic N) is 3. The van der Waals surface area contributed by atoms with Gasteiger partial charge >= 0.3 is 0 Å². The molecule has 1 N–H and O–H groups in total. The minimum absolute atomic E-state index is 0.0664. The highest BCUT2D eigenvalue weighted by Gasteiger charge is 2.19. The molecule has 0 aliphatic heterocycles. The Morgan fingerprint density at radius 1 is 1.35 bits per heavy atom. The highest BCUT2D eigenvalue weighted by atomic mass is 16.3. The Balaban J connectivity index is 2.05. The quantitative estimate of drug-likeness (QED) is 0.838. The molecule has 122 valence electrons. The fourth-order valence-corrected chi connectivity index (χ4v) is 2.05. The van der Waals surface area contributed by atoms with Gasteiger partial charge in [-0.1, -0.05) is 0 Å². The standard InChI is InChI=1S/C16H20N4O3/c1-12(2)19-15(21)5-8-20(11-13-4-3-9-23-13)16(22)14-10-17-6-7-18-14/h3-4,6-7,9-10,12H,5,8,11H2,1-2H3,(H,19,21). The van der Waals surface area contributed by atoms with Crippen molar-refractivity contribution in [2.24, 2.45) is 0 Å². The molecular weight excluding hydrogens is 296 g/mol. The van der Waals surface area contributed by atoms with Gasteiger partial charge in [0.05, 0.1) is 19.0 Å². The molecule has 7 nitrogen and oxygen atoms in total. The van der Waals surface area contributed by atoms with Gasteiger partial charge in [-0.3, -0.25) is 14.6 Å². The first-order chi connectivity index (χ1) is 11.1. The van der Waals surface area contributed by atoms with Gasteiger partial charge in [0.1, 0.15) is 11.5 Å². The summed E-state index contributed by atoms with van der Waals surface area (Å²) in [6, 6.07) is 3.61. The Morgan fingerprint density at radius 2 is 2.17 bits per heavy atom. The molecule has 0 spiro atoms. The van der Waals surface area contributed by atoms with Crippen molar-refractivity contribution in [2.75, 3.05) is 6.54 Å². The van der Waals surface area contributed by atoms with E-state index in [0.29, 0.717) is 5.76 Å². The summed E-state index contributed by atoms with van der Waals surface area (Å²) in [6.07, 6.45) is 6.13. The van der Waals surface area contributed by atoms with E-state index in [4.69, 9.17) is 4.42 Å². The average Bonchev–Trinajstić information content (AvgIpc) is 3.04. The number of carbonyl (C=O) groups is 2. The molecule has 0 aliphatic carbocycles. The number of hydrogen-bond donors (Lipinski definition) is 1. The first-order valence-electron chi connectivity index (χ1n) is 7.43. The second kappa shape index (κ2) is 8.07. The van der Waals surface area contributed by atoms with Gasteiger partial charge in [-0.25, -0.2) is 4.98 Å². The monoisotopic (exact) mass is 316 g/mol. The molecule has 2 amide bonds. The second-order valence-electron chi connectivity index (χ2n) is 5.37. The van der Waals surface area contributed by atoms with Crippen LogP contribution in [0.3, 0.4) is 0 Å². The summed E-state index contributed by atoms with van der Waals surface area (Å²) < 4.78 is 5.29. The van der Waals surface area contributed by atoms with Crippen LogP contribution in [0.4, 0.5) is 0 Å². The normalized spacial score (nSPS) is 10.6. The van der Waals surface area contributed by atoms with Crippen LogP contribution in [-0.4, -0.2) is 39.3 Å². The van der Waals surface area contributed by atoms with Crippen molar-refractivity contribution in [1.82, 2.24) is 20.2 Å². The predicted octanol–water partition coefficient (Wildman–Crippen LogP) is 1.63. The van der Waals surface area contributed by atoms with E-state index in [1.54, 1.807) is 18.4 Å². The minimum Gasteiger partial charge on any atom is -0.467 e. The maximum atomic E-state index is 12.6. The van der Waals surface area contributed by atoms with Crippen LogP contribution in [0, 0.1) is 0 Å². The molecule has 0 atom stereocenters. The van der Waals surface area contributed by atoms with E-state index in [1.807, 2.05) is 13.8 Å². The number of amides is 2. The first kappa shape index (κ1) is 16.7. The molecular formula is C16H20N4O3. The Kier molecular flexibility index (Phi) is 5.85. The zero-order chi connectivity index (χ0) is 16.7. The Labute approximate surface area is 134 Å². The van der Waals surface area contributed by atoms with E-state index in [9.17, 15) is 9.59 Å². The largest absolute Gasteiger partial charge is 0.467 e. The molecule has 0 unspecified atom stereocenters. The van der Waals surface area contributed by atoms with Crippen LogP contribution in [-0.2, 0) is 11.3 Å². The Morgan fingerprint density at radius 3 is 2.78 bits per heavy atom. The van der Waals surface area contributed by atoms with Crippen LogP contribution < -0.4 is 5.32 Å². The van der Waals surface area contributed by atoms with Gasteiger partial charge in [0.2, 0.25) is 5.91 Å². The fourth-order valence-electron chi connectivity index (χ4n) is 2.05. The van der Waals surface area contributed by atoms with Gasteiger partial charge < -0.3 is 14.6 Å². The molecule has 0 fully saturated rings. The lowest BCUT2D eigenvalue weighted by atomic mass is 10.2. The van der Waals surface area contributed by atoms with Crippen molar-refractivity contribution >= 4 is 11.8 Å². The molecule has 0 aliphatic rings. The molecule has 2 heterocycles. The van der Waals surface area contributed by atoms with Crippen LogP contribution in [0.1, 0.15) is 36.5 Å². The van der Waals surface area contributed by atoms with Crippen molar-refractivity contribution in [2.45, 2.75) is 32.9 Å². The van der Waals surface area contributed by atoms with E-state index in [2.05, 4.69) is 15.3 Å². The molecule has 7 heteroatoms. The minimum atomic E-state index is -0.285. The third kappa shape index (κ3) is 5.21. The summed E-state index contributed by atoms with van der Waals surface area (Å²) in [5.74, 6) is 0.259. The van der Waals surface area contributed by atoms with Gasteiger partial charge in [-0.05, 0) is 26.0 Å². The molecule has 0 aromatic carbocycles. The molecule has 0 saturated heterocycles. The molecule has 2 aromatic rings. The zero-order valence-corrected chi connectivity index (χ0v) is 13.2. The van der Waals surface area contributed by atoms with E-state index >= 15 is 0 Å². The second-order valence-corrected chi connectivity index (χ2v) is 5.37. The lowest BCUT2D eigenvalue weighted by Gasteiger charge is -2.21. The number of carbonyl (C=O) groups excluding carboxylic acids is 2. The Bertz CT molecular complexity index is 626. The van der Waals surface area contributed by atoms with Gasteiger partial charge in [-0.15, -0.1) is 0 Å². The van der Waals surface area contributed by atoms with Crippen molar-refractivity contribution in [1.29, 1.82) is 0 Å². The molecule has 2 rings (SSSR count). The summed E-state index contributed by atoms with van der Waals surface area (Å²) in [5, 5.41) is 2.81. The van der Waals surface area contributed by atoms with Gasteiger partial charge in [-0.2, -0.15) is 0 Å². The van der Waals surface area contributed by atoms with E-state index < -0.39 is 0 Å². The van der Waals surface area contributed by atoms with E-state index in [1.165, 1.54) is 23.5 Å². The number of hydrogen-bond acceptors (Lipinski definition) is 5. The van der Waals surface area contributed by atoms with Crippen molar-refractivity contribution in [3.8, 4) is 0 Å². The van der Waals surface area contributed by atoms with E-state index in [-0.39, 0.29) is 43.1 Å². The molecule has 2 aromatic heterocycles. The summed E-state index contributed by atoms with van der Waals surface area (Å²) in [5.41, 5.74) is 0.239.